The van der Waals surface area contributed by atoms with Crippen LogP contribution in [0.25, 0.3) is 5.65 Å². The van der Waals surface area contributed by atoms with Gasteiger partial charge in [-0.3, -0.25) is 9.20 Å². The summed E-state index contributed by atoms with van der Waals surface area (Å²) >= 11 is 6.21. The molecule has 7 nitrogen and oxygen atoms in total. The van der Waals surface area contributed by atoms with E-state index < -0.39 is 17.5 Å². The second-order valence-corrected chi connectivity index (χ2v) is 7.34. The van der Waals surface area contributed by atoms with Crippen LogP contribution in [0.2, 0.25) is 5.02 Å². The zero-order valence-electron chi connectivity index (χ0n) is 16.8. The number of benzene rings is 1. The van der Waals surface area contributed by atoms with Gasteiger partial charge in [0.25, 0.3) is 5.91 Å². The number of hydrogen-bond donors (Lipinski definition) is 1. The predicted octanol–water partition coefficient (Wildman–Crippen LogP) is 5.01. The molecule has 0 aliphatic heterocycles. The lowest BCUT2D eigenvalue weighted by molar-refractivity contribution is 0.102. The Bertz CT molecular complexity index is 1280. The smallest absolute Gasteiger partial charge is 0.274 e. The molecular formula is C21H17ClF2N4O3. The fourth-order valence-corrected chi connectivity index (χ4v) is 3.43. The summed E-state index contributed by atoms with van der Waals surface area (Å²) in [6.07, 6.45) is 1.51. The van der Waals surface area contributed by atoms with E-state index in [1.54, 1.807) is 20.8 Å². The maximum Gasteiger partial charge on any atom is 0.274 e. The van der Waals surface area contributed by atoms with Crippen LogP contribution >= 0.6 is 11.6 Å². The Hall–Kier alpha value is -3.46. The first-order valence-corrected chi connectivity index (χ1v) is 9.62. The Labute approximate surface area is 180 Å². The molecule has 0 spiro atoms. The number of ether oxygens (including phenoxy) is 1. The number of rotatable bonds is 5. The average Bonchev–Trinajstić information content (AvgIpc) is 3.20. The van der Waals surface area contributed by atoms with Gasteiger partial charge in [-0.05, 0) is 32.9 Å². The molecule has 1 amide bonds. The van der Waals surface area contributed by atoms with Gasteiger partial charge in [0.05, 0.1) is 16.3 Å². The molecule has 0 saturated carbocycles. The highest BCUT2D eigenvalue weighted by Gasteiger charge is 2.22. The lowest BCUT2D eigenvalue weighted by Gasteiger charge is -2.11. The van der Waals surface area contributed by atoms with Crippen LogP contribution in [0.15, 0.2) is 35.0 Å². The van der Waals surface area contributed by atoms with E-state index in [1.807, 2.05) is 0 Å². The van der Waals surface area contributed by atoms with Crippen LogP contribution in [0.1, 0.15) is 33.2 Å². The van der Waals surface area contributed by atoms with Crippen LogP contribution in [-0.4, -0.2) is 20.4 Å². The van der Waals surface area contributed by atoms with Crippen molar-refractivity contribution in [3.63, 3.8) is 0 Å². The van der Waals surface area contributed by atoms with Crippen molar-refractivity contribution in [2.75, 3.05) is 5.32 Å². The largest absolute Gasteiger partial charge is 0.485 e. The molecule has 1 N–H and O–H groups in total. The minimum atomic E-state index is -0.725. The molecule has 3 heterocycles. The van der Waals surface area contributed by atoms with Gasteiger partial charge in [0.1, 0.15) is 35.3 Å². The minimum absolute atomic E-state index is 0.176. The van der Waals surface area contributed by atoms with Crippen molar-refractivity contribution in [1.29, 1.82) is 0 Å². The molecule has 0 fully saturated rings. The molecular weight excluding hydrogens is 430 g/mol. The molecule has 1 aromatic carbocycles. The van der Waals surface area contributed by atoms with E-state index in [-0.39, 0.29) is 34.3 Å². The first-order valence-electron chi connectivity index (χ1n) is 9.24. The van der Waals surface area contributed by atoms with Crippen LogP contribution in [0.4, 0.5) is 14.5 Å². The Morgan fingerprint density at radius 1 is 1.23 bits per heavy atom. The number of nitrogens with one attached hydrogen (secondary N) is 1. The third-order valence-electron chi connectivity index (χ3n) is 4.75. The van der Waals surface area contributed by atoms with Crippen LogP contribution in [0.3, 0.4) is 0 Å². The van der Waals surface area contributed by atoms with E-state index in [4.69, 9.17) is 20.9 Å². The Balaban J connectivity index is 1.71. The molecule has 160 valence electrons. The molecule has 0 saturated heterocycles. The first-order chi connectivity index (χ1) is 14.8. The predicted molar refractivity (Wildman–Crippen MR) is 110 cm³/mol. The molecule has 0 bridgehead atoms. The number of amides is 1. The molecule has 31 heavy (non-hydrogen) atoms. The highest BCUT2D eigenvalue weighted by molar-refractivity contribution is 6.30. The number of pyridine rings is 1. The van der Waals surface area contributed by atoms with Crippen molar-refractivity contribution >= 4 is 28.8 Å². The Morgan fingerprint density at radius 2 is 1.94 bits per heavy atom. The summed E-state index contributed by atoms with van der Waals surface area (Å²) in [5.74, 6) is -1.26. The number of hydrogen-bond acceptors (Lipinski definition) is 5. The Morgan fingerprint density at radius 3 is 2.58 bits per heavy atom. The van der Waals surface area contributed by atoms with E-state index in [2.05, 4.69) is 15.5 Å². The van der Waals surface area contributed by atoms with Gasteiger partial charge in [-0.15, -0.1) is 0 Å². The number of aromatic nitrogens is 3. The fourth-order valence-electron chi connectivity index (χ4n) is 3.23. The summed E-state index contributed by atoms with van der Waals surface area (Å²) in [6.45, 7) is 4.67. The molecule has 3 aromatic heterocycles. The van der Waals surface area contributed by atoms with Gasteiger partial charge in [-0.2, -0.15) is 0 Å². The lowest BCUT2D eigenvalue weighted by atomic mass is 10.2. The minimum Gasteiger partial charge on any atom is -0.485 e. The van der Waals surface area contributed by atoms with E-state index in [0.29, 0.717) is 22.8 Å². The Kier molecular flexibility index (Phi) is 5.36. The van der Waals surface area contributed by atoms with Gasteiger partial charge in [0.2, 0.25) is 0 Å². The van der Waals surface area contributed by atoms with Gasteiger partial charge in [-0.25, -0.2) is 13.8 Å². The van der Waals surface area contributed by atoms with Gasteiger partial charge in [-0.1, -0.05) is 22.8 Å². The number of anilines is 1. The van der Waals surface area contributed by atoms with Crippen molar-refractivity contribution < 1.29 is 22.8 Å². The van der Waals surface area contributed by atoms with E-state index in [0.717, 1.165) is 12.1 Å². The average molecular weight is 447 g/mol. The standard InChI is InChI=1S/C21H17ClF2N4O3/c1-10-18(12(3)31-27-10)26-21(29)19-11(2)25-20-17(7-13(22)8-28(19)20)30-9-14-15(23)5-4-6-16(14)24/h4-8H,9H2,1-3H3,(H,26,29). The second kappa shape index (κ2) is 7.99. The highest BCUT2D eigenvalue weighted by Crippen LogP contribution is 2.29. The van der Waals surface area contributed by atoms with Gasteiger partial charge < -0.3 is 14.6 Å². The summed E-state index contributed by atoms with van der Waals surface area (Å²) in [7, 11) is 0. The summed E-state index contributed by atoms with van der Waals surface area (Å²) in [5, 5.41) is 6.83. The molecule has 10 heteroatoms. The summed E-state index contributed by atoms with van der Waals surface area (Å²) in [5.41, 5.74) is 1.69. The highest BCUT2D eigenvalue weighted by atomic mass is 35.5. The zero-order chi connectivity index (χ0) is 22.3. The van der Waals surface area contributed by atoms with E-state index >= 15 is 0 Å². The molecule has 0 radical (unpaired) electrons. The first kappa shape index (κ1) is 20.8. The SMILES string of the molecule is Cc1noc(C)c1NC(=O)c1c(C)nc2c(OCc3c(F)cccc3F)cc(Cl)cn12. The number of aryl methyl sites for hydroxylation is 3. The number of carbonyl (C=O) groups is 1. The van der Waals surface area contributed by atoms with Crippen molar-refractivity contribution in [3.8, 4) is 5.75 Å². The third-order valence-corrected chi connectivity index (χ3v) is 4.95. The monoisotopic (exact) mass is 446 g/mol. The maximum atomic E-state index is 13.9. The van der Waals surface area contributed by atoms with Crippen molar-refractivity contribution in [1.82, 2.24) is 14.5 Å². The number of carbonyl (C=O) groups excluding carboxylic acids is 1. The van der Waals surface area contributed by atoms with Crippen LogP contribution in [0, 0.1) is 32.4 Å². The fraction of sp³-hybridized carbons (Fsp3) is 0.190. The molecule has 0 aliphatic rings. The van der Waals surface area contributed by atoms with Crippen molar-refractivity contribution in [3.05, 3.63) is 75.5 Å². The van der Waals surface area contributed by atoms with Gasteiger partial charge >= 0.3 is 0 Å². The van der Waals surface area contributed by atoms with Crippen molar-refractivity contribution in [2.24, 2.45) is 0 Å². The van der Waals surface area contributed by atoms with Crippen LogP contribution in [-0.2, 0) is 6.61 Å². The number of nitrogens with zero attached hydrogens (tertiary/aromatic N) is 3. The summed E-state index contributed by atoms with van der Waals surface area (Å²) in [6, 6.07) is 5.03. The lowest BCUT2D eigenvalue weighted by Crippen LogP contribution is -2.16. The number of halogens is 3. The molecule has 0 aliphatic carbocycles. The topological polar surface area (TPSA) is 81.7 Å². The number of fused-ring (bicyclic) bond motifs is 1. The summed E-state index contributed by atoms with van der Waals surface area (Å²) < 4.78 is 40.0. The third kappa shape index (κ3) is 3.84. The molecule has 4 rings (SSSR count). The number of imidazole rings is 1. The normalized spacial score (nSPS) is 11.2. The maximum absolute atomic E-state index is 13.9. The van der Waals surface area contributed by atoms with E-state index in [9.17, 15) is 13.6 Å². The van der Waals surface area contributed by atoms with Crippen molar-refractivity contribution in [2.45, 2.75) is 27.4 Å². The molecule has 4 aromatic rings. The second-order valence-electron chi connectivity index (χ2n) is 6.90. The van der Waals surface area contributed by atoms with Crippen LogP contribution < -0.4 is 10.1 Å². The van der Waals surface area contributed by atoms with Gasteiger partial charge in [0, 0.05) is 12.3 Å². The quantitative estimate of drug-likeness (QED) is 0.466. The molecule has 0 unspecified atom stereocenters. The van der Waals surface area contributed by atoms with Crippen LogP contribution in [0.5, 0.6) is 5.75 Å². The van der Waals surface area contributed by atoms with Gasteiger partial charge in [0.15, 0.2) is 17.2 Å². The molecule has 0 atom stereocenters. The zero-order valence-corrected chi connectivity index (χ0v) is 17.6. The summed E-state index contributed by atoms with van der Waals surface area (Å²) in [4.78, 5) is 17.4. The van der Waals surface area contributed by atoms with E-state index in [1.165, 1.54) is 22.7 Å².